The number of hydrogen-bond acceptors (Lipinski definition) is 4. The van der Waals surface area contributed by atoms with Gasteiger partial charge in [0.05, 0.1) is 6.33 Å². The molecule has 1 fully saturated rings. The number of nitrogens with zero attached hydrogens (tertiary/aromatic N) is 1. The van der Waals surface area contributed by atoms with Crippen molar-refractivity contribution >= 4 is 28.4 Å². The molecule has 1 aliphatic rings. The molecule has 1 saturated carbocycles. The summed E-state index contributed by atoms with van der Waals surface area (Å²) in [6.07, 6.45) is 6.45. The van der Waals surface area contributed by atoms with Crippen LogP contribution >= 0.6 is 22.6 Å². The molecule has 1 aromatic heterocycles. The molecule has 2 rings (SSSR count). The average Bonchev–Trinajstić information content (AvgIpc) is 2.41. The van der Waals surface area contributed by atoms with Gasteiger partial charge in [-0.05, 0) is 53.8 Å². The number of halogens is 1. The Balaban J connectivity index is 1.98. The summed E-state index contributed by atoms with van der Waals surface area (Å²) in [5.74, 6) is 1.88. The minimum atomic E-state index is -0.0906. The third-order valence-corrected chi connectivity index (χ3v) is 4.70. The molecule has 2 atom stereocenters. The SMILES string of the molecule is NCC1CCCCC1CNc1nc[nH]c(=O)c1I. The molecular formula is C12H19IN4O. The van der Waals surface area contributed by atoms with Crippen LogP contribution in [0.1, 0.15) is 25.7 Å². The highest BCUT2D eigenvalue weighted by atomic mass is 127. The van der Waals surface area contributed by atoms with Crippen molar-refractivity contribution in [2.75, 3.05) is 18.4 Å². The smallest absolute Gasteiger partial charge is 0.266 e. The van der Waals surface area contributed by atoms with E-state index in [4.69, 9.17) is 5.73 Å². The fraction of sp³-hybridized carbons (Fsp3) is 0.667. The van der Waals surface area contributed by atoms with E-state index in [2.05, 4.69) is 15.3 Å². The van der Waals surface area contributed by atoms with Crippen LogP contribution < -0.4 is 16.6 Å². The van der Waals surface area contributed by atoms with Gasteiger partial charge in [0.1, 0.15) is 9.39 Å². The van der Waals surface area contributed by atoms with Crippen LogP contribution in [0.25, 0.3) is 0 Å². The average molecular weight is 362 g/mol. The molecule has 0 spiro atoms. The van der Waals surface area contributed by atoms with Gasteiger partial charge in [0.15, 0.2) is 0 Å². The monoisotopic (exact) mass is 362 g/mol. The lowest BCUT2D eigenvalue weighted by molar-refractivity contribution is 0.255. The first kappa shape index (κ1) is 13.8. The predicted octanol–water partition coefficient (Wildman–Crippen LogP) is 1.55. The van der Waals surface area contributed by atoms with Crippen molar-refractivity contribution in [2.24, 2.45) is 17.6 Å². The highest BCUT2D eigenvalue weighted by Gasteiger charge is 2.23. The van der Waals surface area contributed by atoms with Gasteiger partial charge in [-0.25, -0.2) is 4.98 Å². The van der Waals surface area contributed by atoms with E-state index < -0.39 is 0 Å². The maximum atomic E-state index is 11.4. The van der Waals surface area contributed by atoms with E-state index in [1.807, 2.05) is 22.6 Å². The Hall–Kier alpha value is -0.630. The van der Waals surface area contributed by atoms with E-state index in [9.17, 15) is 4.79 Å². The molecule has 0 aliphatic heterocycles. The Morgan fingerprint density at radius 1 is 1.44 bits per heavy atom. The molecule has 0 radical (unpaired) electrons. The van der Waals surface area contributed by atoms with Gasteiger partial charge in [-0.3, -0.25) is 4.79 Å². The Bertz CT molecular complexity index is 448. The molecule has 0 bridgehead atoms. The summed E-state index contributed by atoms with van der Waals surface area (Å²) in [5, 5.41) is 3.29. The third kappa shape index (κ3) is 3.23. The number of nitrogens with two attached hydrogens (primary N) is 1. The molecular weight excluding hydrogens is 343 g/mol. The summed E-state index contributed by atoms with van der Waals surface area (Å²) in [6.45, 7) is 1.61. The Kier molecular flexibility index (Phi) is 4.99. The standard InChI is InChI=1S/C12H19IN4O/c13-10-11(16-7-17-12(10)18)15-6-9-4-2-1-3-8(9)5-14/h7-9H,1-6,14H2,(H2,15,16,17,18). The first-order chi connectivity index (χ1) is 8.72. The molecule has 5 nitrogen and oxygen atoms in total. The van der Waals surface area contributed by atoms with Crippen LogP contribution in [0.15, 0.2) is 11.1 Å². The molecule has 0 amide bonds. The largest absolute Gasteiger partial charge is 0.369 e. The lowest BCUT2D eigenvalue weighted by Gasteiger charge is -2.30. The van der Waals surface area contributed by atoms with Crippen LogP contribution in [0.3, 0.4) is 0 Å². The molecule has 0 saturated heterocycles. The van der Waals surface area contributed by atoms with Crippen molar-refractivity contribution in [1.29, 1.82) is 0 Å². The van der Waals surface area contributed by atoms with E-state index >= 15 is 0 Å². The van der Waals surface area contributed by atoms with Crippen LogP contribution in [0.4, 0.5) is 5.82 Å². The molecule has 6 heteroatoms. The van der Waals surface area contributed by atoms with Gasteiger partial charge < -0.3 is 16.0 Å². The third-order valence-electron chi connectivity index (χ3n) is 3.70. The molecule has 2 unspecified atom stereocenters. The topological polar surface area (TPSA) is 83.8 Å². The number of aromatic amines is 1. The maximum Gasteiger partial charge on any atom is 0.266 e. The van der Waals surface area contributed by atoms with Crippen LogP contribution in [0.5, 0.6) is 0 Å². The van der Waals surface area contributed by atoms with Crippen LogP contribution in [0, 0.1) is 15.4 Å². The number of anilines is 1. The first-order valence-electron chi connectivity index (χ1n) is 6.39. The van der Waals surface area contributed by atoms with E-state index in [-0.39, 0.29) is 5.56 Å². The van der Waals surface area contributed by atoms with Gasteiger partial charge in [-0.1, -0.05) is 12.8 Å². The number of hydrogen-bond donors (Lipinski definition) is 3. The first-order valence-corrected chi connectivity index (χ1v) is 7.47. The van der Waals surface area contributed by atoms with Gasteiger partial charge in [-0.2, -0.15) is 0 Å². The Labute approximate surface area is 120 Å². The fourth-order valence-electron chi connectivity index (χ4n) is 2.60. The lowest BCUT2D eigenvalue weighted by Crippen LogP contribution is -2.32. The number of aromatic nitrogens is 2. The number of H-pyrrole nitrogens is 1. The van der Waals surface area contributed by atoms with Crippen LogP contribution in [-0.2, 0) is 0 Å². The zero-order valence-electron chi connectivity index (χ0n) is 10.3. The summed E-state index contributed by atoms with van der Waals surface area (Å²) in [6, 6.07) is 0. The predicted molar refractivity (Wildman–Crippen MR) is 80.6 cm³/mol. The minimum absolute atomic E-state index is 0.0906. The number of rotatable bonds is 4. The minimum Gasteiger partial charge on any atom is -0.369 e. The molecule has 1 aromatic rings. The summed E-state index contributed by atoms with van der Waals surface area (Å²) in [7, 11) is 0. The van der Waals surface area contributed by atoms with Crippen LogP contribution in [-0.4, -0.2) is 23.1 Å². The van der Waals surface area contributed by atoms with Crippen molar-refractivity contribution in [3.8, 4) is 0 Å². The van der Waals surface area contributed by atoms with Crippen LogP contribution in [0.2, 0.25) is 0 Å². The van der Waals surface area contributed by atoms with Gasteiger partial charge in [0, 0.05) is 6.54 Å². The zero-order valence-corrected chi connectivity index (χ0v) is 12.4. The quantitative estimate of drug-likeness (QED) is 0.710. The van der Waals surface area contributed by atoms with E-state index in [0.29, 0.717) is 21.2 Å². The lowest BCUT2D eigenvalue weighted by atomic mass is 9.79. The Morgan fingerprint density at radius 3 is 2.89 bits per heavy atom. The fourth-order valence-corrected chi connectivity index (χ4v) is 3.08. The van der Waals surface area contributed by atoms with Crippen molar-refractivity contribution in [2.45, 2.75) is 25.7 Å². The molecule has 100 valence electrons. The molecule has 18 heavy (non-hydrogen) atoms. The van der Waals surface area contributed by atoms with Crippen molar-refractivity contribution in [3.63, 3.8) is 0 Å². The highest BCUT2D eigenvalue weighted by Crippen LogP contribution is 2.29. The van der Waals surface area contributed by atoms with Gasteiger partial charge in [-0.15, -0.1) is 0 Å². The summed E-state index contributed by atoms with van der Waals surface area (Å²) >= 11 is 2.02. The van der Waals surface area contributed by atoms with E-state index in [1.165, 1.54) is 32.0 Å². The zero-order chi connectivity index (χ0) is 13.0. The molecule has 1 aliphatic carbocycles. The van der Waals surface area contributed by atoms with Gasteiger partial charge in [0.25, 0.3) is 5.56 Å². The summed E-state index contributed by atoms with van der Waals surface area (Å²) in [4.78, 5) is 18.2. The van der Waals surface area contributed by atoms with Gasteiger partial charge in [0.2, 0.25) is 0 Å². The van der Waals surface area contributed by atoms with Crippen molar-refractivity contribution in [3.05, 3.63) is 20.3 Å². The second-order valence-electron chi connectivity index (χ2n) is 4.82. The normalized spacial score (nSPS) is 23.9. The molecule has 4 N–H and O–H groups in total. The summed E-state index contributed by atoms with van der Waals surface area (Å²) < 4.78 is 0.621. The second kappa shape index (κ2) is 6.51. The van der Waals surface area contributed by atoms with E-state index in [0.717, 1.165) is 13.1 Å². The van der Waals surface area contributed by atoms with Crippen molar-refractivity contribution in [1.82, 2.24) is 9.97 Å². The van der Waals surface area contributed by atoms with E-state index in [1.54, 1.807) is 0 Å². The van der Waals surface area contributed by atoms with Crippen molar-refractivity contribution < 1.29 is 0 Å². The molecule has 1 heterocycles. The van der Waals surface area contributed by atoms with Gasteiger partial charge >= 0.3 is 0 Å². The molecule has 0 aromatic carbocycles. The highest BCUT2D eigenvalue weighted by molar-refractivity contribution is 14.1. The summed E-state index contributed by atoms with van der Waals surface area (Å²) in [5.41, 5.74) is 5.73. The Morgan fingerprint density at radius 2 is 2.17 bits per heavy atom. The second-order valence-corrected chi connectivity index (χ2v) is 5.89. The number of nitrogens with one attached hydrogen (secondary N) is 2. The maximum absolute atomic E-state index is 11.4.